The van der Waals surface area contributed by atoms with E-state index in [9.17, 15) is 13.2 Å². The first-order chi connectivity index (χ1) is 13.5. The number of fused-ring (bicyclic) bond motifs is 1. The fourth-order valence-corrected chi connectivity index (χ4v) is 3.50. The Bertz CT molecular complexity index is 1090. The number of rotatable bonds is 5. The second kappa shape index (κ2) is 7.28. The highest BCUT2D eigenvalue weighted by atomic mass is 32.2. The Hall–Kier alpha value is -3.46. The molecule has 4 rings (SSSR count). The molecular weight excluding hydrogens is 386 g/mol. The maximum absolute atomic E-state index is 12.5. The van der Waals surface area contributed by atoms with E-state index < -0.39 is 16.0 Å². The van der Waals surface area contributed by atoms with Gasteiger partial charge in [0.1, 0.15) is 23.9 Å². The van der Waals surface area contributed by atoms with E-state index in [0.717, 1.165) is 0 Å². The summed E-state index contributed by atoms with van der Waals surface area (Å²) in [6.45, 7) is 0.765. The lowest BCUT2D eigenvalue weighted by molar-refractivity contribution is 0.0996. The number of ether oxygens (including phenoxy) is 2. The molecule has 1 N–H and O–H groups in total. The quantitative estimate of drug-likeness (QED) is 0.655. The van der Waals surface area contributed by atoms with Gasteiger partial charge < -0.3 is 23.4 Å². The zero-order chi connectivity index (χ0) is 19.6. The van der Waals surface area contributed by atoms with Gasteiger partial charge in [0.05, 0.1) is 6.26 Å². The molecule has 1 aliphatic heterocycles. The molecule has 144 valence electrons. The molecule has 1 aromatic heterocycles. The fraction of sp³-hybridized carbons (Fsp3) is 0.105. The van der Waals surface area contributed by atoms with Crippen LogP contribution in [0.2, 0.25) is 0 Å². The van der Waals surface area contributed by atoms with E-state index in [1.165, 1.54) is 54.8 Å². The van der Waals surface area contributed by atoms with Crippen LogP contribution >= 0.6 is 0 Å². The highest BCUT2D eigenvalue weighted by Gasteiger charge is 2.21. The number of carbonyl (C=O) groups is 1. The Morgan fingerprint density at radius 1 is 0.964 bits per heavy atom. The minimum absolute atomic E-state index is 0.0491. The number of amides is 1. The summed E-state index contributed by atoms with van der Waals surface area (Å²) < 4.78 is 46.0. The van der Waals surface area contributed by atoms with Crippen LogP contribution in [-0.2, 0) is 10.1 Å². The number of hydrogen-bond donors (Lipinski definition) is 1. The zero-order valence-electron chi connectivity index (χ0n) is 14.5. The van der Waals surface area contributed by atoms with Gasteiger partial charge in [-0.05, 0) is 48.5 Å². The lowest BCUT2D eigenvalue weighted by Crippen LogP contribution is -2.16. The molecule has 1 aliphatic rings. The van der Waals surface area contributed by atoms with Crippen LogP contribution in [0.3, 0.4) is 0 Å². The molecule has 9 heteroatoms. The molecule has 0 saturated carbocycles. The topological polar surface area (TPSA) is 104 Å². The second-order valence-electron chi connectivity index (χ2n) is 5.80. The van der Waals surface area contributed by atoms with Crippen LogP contribution in [0.15, 0.2) is 70.2 Å². The number of anilines is 1. The van der Waals surface area contributed by atoms with E-state index in [1.807, 2.05) is 0 Å². The predicted octanol–water partition coefficient (Wildman–Crippen LogP) is 3.07. The molecule has 0 unspecified atom stereocenters. The van der Waals surface area contributed by atoms with Crippen LogP contribution in [-0.4, -0.2) is 27.5 Å². The molecule has 28 heavy (non-hydrogen) atoms. The van der Waals surface area contributed by atoms with E-state index in [4.69, 9.17) is 18.1 Å². The highest BCUT2D eigenvalue weighted by Crippen LogP contribution is 2.33. The first-order valence-corrected chi connectivity index (χ1v) is 9.71. The van der Waals surface area contributed by atoms with Crippen molar-refractivity contribution in [1.29, 1.82) is 0 Å². The van der Waals surface area contributed by atoms with Gasteiger partial charge in [0, 0.05) is 11.8 Å². The highest BCUT2D eigenvalue weighted by molar-refractivity contribution is 7.87. The van der Waals surface area contributed by atoms with Gasteiger partial charge in [0.2, 0.25) is 0 Å². The number of hydrogen-bond acceptors (Lipinski definition) is 7. The third kappa shape index (κ3) is 3.79. The summed E-state index contributed by atoms with van der Waals surface area (Å²) in [4.78, 5) is 11.9. The summed E-state index contributed by atoms with van der Waals surface area (Å²) >= 11 is 0. The SMILES string of the molecule is O=C(Nc1ccc(OS(=O)(=O)c2ccc3c(c2)OCCO3)cc1)c1ccco1. The average molecular weight is 401 g/mol. The first kappa shape index (κ1) is 17.9. The zero-order valence-corrected chi connectivity index (χ0v) is 15.3. The van der Waals surface area contributed by atoms with Crippen molar-refractivity contribution in [2.24, 2.45) is 0 Å². The number of furan rings is 1. The predicted molar refractivity (Wildman–Crippen MR) is 98.3 cm³/mol. The smallest absolute Gasteiger partial charge is 0.339 e. The summed E-state index contributed by atoms with van der Waals surface area (Å²) in [5.41, 5.74) is 0.463. The fourth-order valence-electron chi connectivity index (χ4n) is 2.55. The van der Waals surface area contributed by atoms with Crippen molar-refractivity contribution < 1.29 is 31.3 Å². The van der Waals surface area contributed by atoms with Gasteiger partial charge in [0.25, 0.3) is 5.91 Å². The molecule has 0 fully saturated rings. The summed E-state index contributed by atoms with van der Waals surface area (Å²) in [6, 6.07) is 13.3. The van der Waals surface area contributed by atoms with Gasteiger partial charge in [-0.1, -0.05) is 0 Å². The van der Waals surface area contributed by atoms with Crippen LogP contribution in [0.1, 0.15) is 10.6 Å². The molecule has 0 atom stereocenters. The van der Waals surface area contributed by atoms with Gasteiger partial charge in [-0.3, -0.25) is 4.79 Å². The molecule has 0 saturated heterocycles. The van der Waals surface area contributed by atoms with Crippen LogP contribution in [0.25, 0.3) is 0 Å². The Morgan fingerprint density at radius 3 is 2.43 bits per heavy atom. The van der Waals surface area contributed by atoms with Gasteiger partial charge >= 0.3 is 10.1 Å². The van der Waals surface area contributed by atoms with Gasteiger partial charge in [-0.2, -0.15) is 8.42 Å². The molecule has 0 radical (unpaired) electrons. The number of carbonyl (C=O) groups excluding carboxylic acids is 1. The summed E-state index contributed by atoms with van der Waals surface area (Å²) in [7, 11) is -4.06. The van der Waals surface area contributed by atoms with Crippen molar-refractivity contribution in [2.45, 2.75) is 4.90 Å². The summed E-state index contributed by atoms with van der Waals surface area (Å²) in [6.07, 6.45) is 1.40. The Morgan fingerprint density at radius 2 is 1.71 bits per heavy atom. The molecule has 2 aromatic carbocycles. The monoisotopic (exact) mass is 401 g/mol. The average Bonchev–Trinajstić information content (AvgIpc) is 3.24. The van der Waals surface area contributed by atoms with E-state index in [1.54, 1.807) is 6.07 Å². The molecule has 0 aliphatic carbocycles. The first-order valence-electron chi connectivity index (χ1n) is 8.30. The van der Waals surface area contributed by atoms with E-state index in [0.29, 0.717) is 30.4 Å². The third-order valence-electron chi connectivity index (χ3n) is 3.87. The molecule has 0 bridgehead atoms. The Balaban J connectivity index is 1.47. The maximum atomic E-state index is 12.5. The van der Waals surface area contributed by atoms with Crippen molar-refractivity contribution in [2.75, 3.05) is 18.5 Å². The number of benzene rings is 2. The third-order valence-corrected chi connectivity index (χ3v) is 5.11. The van der Waals surface area contributed by atoms with Gasteiger partial charge in [-0.25, -0.2) is 0 Å². The summed E-state index contributed by atoms with van der Waals surface area (Å²) in [5.74, 6) is 0.698. The van der Waals surface area contributed by atoms with Crippen molar-refractivity contribution in [3.05, 3.63) is 66.6 Å². The van der Waals surface area contributed by atoms with Crippen molar-refractivity contribution >= 4 is 21.7 Å². The van der Waals surface area contributed by atoms with Crippen LogP contribution in [0, 0.1) is 0 Å². The lowest BCUT2D eigenvalue weighted by Gasteiger charge is -2.18. The number of nitrogens with one attached hydrogen (secondary N) is 1. The van der Waals surface area contributed by atoms with E-state index in [2.05, 4.69) is 5.32 Å². The van der Waals surface area contributed by atoms with Gasteiger partial charge in [0.15, 0.2) is 17.3 Å². The van der Waals surface area contributed by atoms with Crippen LogP contribution < -0.4 is 19.0 Å². The minimum atomic E-state index is -4.06. The molecule has 1 amide bonds. The van der Waals surface area contributed by atoms with Gasteiger partial charge in [-0.15, -0.1) is 0 Å². The van der Waals surface area contributed by atoms with E-state index >= 15 is 0 Å². The Labute approximate surface area is 160 Å². The minimum Gasteiger partial charge on any atom is -0.486 e. The maximum Gasteiger partial charge on any atom is 0.339 e. The van der Waals surface area contributed by atoms with Crippen molar-refractivity contribution in [1.82, 2.24) is 0 Å². The second-order valence-corrected chi connectivity index (χ2v) is 7.35. The Kier molecular flexibility index (Phi) is 4.66. The molecule has 0 spiro atoms. The molecule has 8 nitrogen and oxygen atoms in total. The molecule has 2 heterocycles. The molecule has 3 aromatic rings. The van der Waals surface area contributed by atoms with E-state index in [-0.39, 0.29) is 16.4 Å². The van der Waals surface area contributed by atoms with Crippen molar-refractivity contribution in [3.63, 3.8) is 0 Å². The molecular formula is C19H15NO7S. The normalized spacial score (nSPS) is 13.0. The summed E-state index contributed by atoms with van der Waals surface area (Å²) in [5, 5.41) is 2.63. The largest absolute Gasteiger partial charge is 0.486 e. The van der Waals surface area contributed by atoms with Crippen LogP contribution in [0.4, 0.5) is 5.69 Å². The van der Waals surface area contributed by atoms with Crippen LogP contribution in [0.5, 0.6) is 17.2 Å². The van der Waals surface area contributed by atoms with Crippen molar-refractivity contribution in [3.8, 4) is 17.2 Å². The lowest BCUT2D eigenvalue weighted by atomic mass is 10.3. The standard InChI is InChI=1S/C19H15NO7S/c21-19(17-2-1-9-24-17)20-13-3-5-14(6-4-13)27-28(22,23)15-7-8-16-18(12-15)26-11-10-25-16/h1-9,12H,10-11H2,(H,20,21).